The number of isocyanates is 1. The third-order valence-electron chi connectivity index (χ3n) is 4.12. The van der Waals surface area contributed by atoms with Crippen LogP contribution in [0.25, 0.3) is 0 Å². The second-order valence-corrected chi connectivity index (χ2v) is 5.89. The molecule has 0 N–H and O–H groups in total. The smallest absolute Gasteiger partial charge is 0.235 e. The quantitative estimate of drug-likeness (QED) is 0.619. The van der Waals surface area contributed by atoms with Crippen LogP contribution in [-0.2, 0) is 10.3 Å². The topological polar surface area (TPSA) is 47.9 Å². The summed E-state index contributed by atoms with van der Waals surface area (Å²) in [5, 5.41) is 0. The number of benzene rings is 1. The van der Waals surface area contributed by atoms with Crippen molar-refractivity contribution < 1.29 is 14.3 Å². The van der Waals surface area contributed by atoms with Crippen LogP contribution in [0.4, 0.5) is 0 Å². The van der Waals surface area contributed by atoms with E-state index in [1.54, 1.807) is 20.3 Å². The summed E-state index contributed by atoms with van der Waals surface area (Å²) in [6.07, 6.45) is 4.43. The predicted octanol–water partition coefficient (Wildman–Crippen LogP) is 3.80. The van der Waals surface area contributed by atoms with Crippen molar-refractivity contribution in [3.05, 3.63) is 21.2 Å². The van der Waals surface area contributed by atoms with Crippen molar-refractivity contribution in [1.82, 2.24) is 0 Å². The van der Waals surface area contributed by atoms with Gasteiger partial charge in [0.05, 0.1) is 14.2 Å². The summed E-state index contributed by atoms with van der Waals surface area (Å²) in [5.74, 6) is 1.36. The van der Waals surface area contributed by atoms with Gasteiger partial charge in [-0.05, 0) is 38.7 Å². The molecule has 108 valence electrons. The van der Waals surface area contributed by atoms with Crippen LogP contribution in [0.5, 0.6) is 11.5 Å². The Kier molecular flexibility index (Phi) is 4.21. The molecular weight excluding hydrogens is 322 g/mol. The van der Waals surface area contributed by atoms with Crippen LogP contribution in [0.1, 0.15) is 36.0 Å². The lowest BCUT2D eigenvalue weighted by molar-refractivity contribution is 0.241. The molecule has 1 fully saturated rings. The first kappa shape index (κ1) is 15.1. The molecule has 0 bridgehead atoms. The normalized spacial score (nSPS) is 16.1. The number of carbonyl (C=O) groups excluding carboxylic acids is 1. The zero-order valence-corrected chi connectivity index (χ0v) is 13.8. The van der Waals surface area contributed by atoms with Gasteiger partial charge >= 0.3 is 0 Å². The highest BCUT2D eigenvalue weighted by atomic mass is 79.9. The molecule has 0 saturated heterocycles. The maximum atomic E-state index is 10.8. The summed E-state index contributed by atoms with van der Waals surface area (Å²) >= 11 is 3.61. The first-order valence-corrected chi connectivity index (χ1v) is 7.32. The van der Waals surface area contributed by atoms with Crippen LogP contribution in [0.15, 0.2) is 9.47 Å². The maximum Gasteiger partial charge on any atom is 0.235 e. The van der Waals surface area contributed by atoms with E-state index in [0.29, 0.717) is 11.5 Å². The van der Waals surface area contributed by atoms with Crippen molar-refractivity contribution in [2.75, 3.05) is 14.2 Å². The minimum atomic E-state index is -0.513. The van der Waals surface area contributed by atoms with E-state index in [0.717, 1.165) is 40.4 Å². The van der Waals surface area contributed by atoms with Crippen LogP contribution in [0.3, 0.4) is 0 Å². The van der Waals surface area contributed by atoms with Gasteiger partial charge in [-0.25, -0.2) is 4.79 Å². The molecule has 20 heavy (non-hydrogen) atoms. The van der Waals surface area contributed by atoms with Crippen LogP contribution >= 0.6 is 15.9 Å². The van der Waals surface area contributed by atoms with Crippen LogP contribution in [0, 0.1) is 13.8 Å². The van der Waals surface area contributed by atoms with Gasteiger partial charge < -0.3 is 9.47 Å². The summed E-state index contributed by atoms with van der Waals surface area (Å²) in [4.78, 5) is 14.9. The van der Waals surface area contributed by atoms with Gasteiger partial charge in [0.2, 0.25) is 6.08 Å². The van der Waals surface area contributed by atoms with Crippen LogP contribution in [-0.4, -0.2) is 20.3 Å². The highest BCUT2D eigenvalue weighted by Gasteiger charge is 2.44. The van der Waals surface area contributed by atoms with E-state index < -0.39 is 5.54 Å². The third kappa shape index (κ3) is 2.05. The van der Waals surface area contributed by atoms with Crippen LogP contribution in [0.2, 0.25) is 0 Å². The molecule has 1 aliphatic rings. The number of aliphatic imine (C=N–C) groups is 1. The molecule has 5 heteroatoms. The summed E-state index contributed by atoms with van der Waals surface area (Å²) in [6.45, 7) is 3.98. The lowest BCUT2D eigenvalue weighted by atomic mass is 9.70. The van der Waals surface area contributed by atoms with Gasteiger partial charge in [0.15, 0.2) is 11.5 Å². The average molecular weight is 340 g/mol. The van der Waals surface area contributed by atoms with Crippen molar-refractivity contribution in [3.63, 3.8) is 0 Å². The number of rotatable bonds is 4. The van der Waals surface area contributed by atoms with E-state index >= 15 is 0 Å². The first-order chi connectivity index (χ1) is 9.52. The molecule has 0 radical (unpaired) electrons. The average Bonchev–Trinajstić information content (AvgIpc) is 2.40. The Balaban J connectivity index is 2.81. The largest absolute Gasteiger partial charge is 0.493 e. The third-order valence-corrected chi connectivity index (χ3v) is 5.31. The molecule has 1 aromatic carbocycles. The molecule has 0 unspecified atom stereocenters. The number of nitrogens with zero attached hydrogens (tertiary/aromatic N) is 1. The standard InChI is InChI=1S/C15H18BrNO3/c1-9-11(15(17-8-18)6-5-7-15)14(20-4)13(19-3)10(2)12(9)16/h5-7H2,1-4H3. The number of methoxy groups -OCH3 is 2. The van der Waals surface area contributed by atoms with Crippen molar-refractivity contribution in [2.24, 2.45) is 4.99 Å². The highest BCUT2D eigenvalue weighted by Crippen LogP contribution is 2.54. The van der Waals surface area contributed by atoms with E-state index in [-0.39, 0.29) is 0 Å². The Morgan fingerprint density at radius 3 is 2.15 bits per heavy atom. The van der Waals surface area contributed by atoms with Gasteiger partial charge in [0.25, 0.3) is 0 Å². The molecule has 2 rings (SSSR count). The predicted molar refractivity (Wildman–Crippen MR) is 80.4 cm³/mol. The lowest BCUT2D eigenvalue weighted by Crippen LogP contribution is -2.33. The molecule has 0 aromatic heterocycles. The SMILES string of the molecule is COc1c(C)c(Br)c(C)c(C2(N=C=O)CCC2)c1OC. The maximum absolute atomic E-state index is 10.8. The minimum absolute atomic E-state index is 0.513. The van der Waals surface area contributed by atoms with Gasteiger partial charge in [0.1, 0.15) is 5.54 Å². The molecule has 1 aliphatic carbocycles. The zero-order chi connectivity index (χ0) is 14.9. The Morgan fingerprint density at radius 2 is 1.75 bits per heavy atom. The van der Waals surface area contributed by atoms with Crippen molar-refractivity contribution in [1.29, 1.82) is 0 Å². The van der Waals surface area contributed by atoms with E-state index in [4.69, 9.17) is 9.47 Å². The van der Waals surface area contributed by atoms with Gasteiger partial charge in [-0.1, -0.05) is 15.9 Å². The van der Waals surface area contributed by atoms with E-state index in [1.807, 2.05) is 13.8 Å². The van der Waals surface area contributed by atoms with E-state index in [9.17, 15) is 4.79 Å². The Morgan fingerprint density at radius 1 is 1.15 bits per heavy atom. The highest BCUT2D eigenvalue weighted by molar-refractivity contribution is 9.10. The summed E-state index contributed by atoms with van der Waals surface area (Å²) in [5.41, 5.74) is 2.44. The fourth-order valence-electron chi connectivity index (χ4n) is 2.96. The van der Waals surface area contributed by atoms with E-state index in [1.165, 1.54) is 0 Å². The molecule has 0 aliphatic heterocycles. The number of ether oxygens (including phenoxy) is 2. The van der Waals surface area contributed by atoms with Crippen molar-refractivity contribution >= 4 is 22.0 Å². The van der Waals surface area contributed by atoms with Crippen LogP contribution < -0.4 is 9.47 Å². The summed E-state index contributed by atoms with van der Waals surface area (Å²) < 4.78 is 12.0. The molecule has 0 amide bonds. The first-order valence-electron chi connectivity index (χ1n) is 6.52. The molecule has 4 nitrogen and oxygen atoms in total. The van der Waals surface area contributed by atoms with Gasteiger partial charge in [-0.2, -0.15) is 4.99 Å². The van der Waals surface area contributed by atoms with Gasteiger partial charge in [-0.15, -0.1) is 0 Å². The molecule has 1 saturated carbocycles. The molecule has 1 aromatic rings. The Labute approximate surface area is 127 Å². The molecule has 0 spiro atoms. The number of hydrogen-bond donors (Lipinski definition) is 0. The monoisotopic (exact) mass is 339 g/mol. The Hall–Kier alpha value is -1.32. The summed E-state index contributed by atoms with van der Waals surface area (Å²) in [7, 11) is 3.23. The van der Waals surface area contributed by atoms with Crippen molar-refractivity contribution in [2.45, 2.75) is 38.6 Å². The Bertz CT molecular complexity index is 588. The number of hydrogen-bond acceptors (Lipinski definition) is 4. The molecule has 0 heterocycles. The fourth-order valence-corrected chi connectivity index (χ4v) is 3.34. The number of halogens is 1. The second-order valence-electron chi connectivity index (χ2n) is 5.09. The zero-order valence-electron chi connectivity index (χ0n) is 12.2. The minimum Gasteiger partial charge on any atom is -0.493 e. The van der Waals surface area contributed by atoms with Gasteiger partial charge in [0, 0.05) is 15.6 Å². The van der Waals surface area contributed by atoms with E-state index in [2.05, 4.69) is 20.9 Å². The fraction of sp³-hybridized carbons (Fsp3) is 0.533. The second kappa shape index (κ2) is 5.58. The summed E-state index contributed by atoms with van der Waals surface area (Å²) in [6, 6.07) is 0. The molecular formula is C15H18BrNO3. The van der Waals surface area contributed by atoms with Gasteiger partial charge in [-0.3, -0.25) is 0 Å². The van der Waals surface area contributed by atoms with Crippen molar-refractivity contribution in [3.8, 4) is 11.5 Å². The molecule has 0 atom stereocenters. The lowest BCUT2D eigenvalue weighted by Gasteiger charge is -2.39.